The topological polar surface area (TPSA) is 185 Å². The molecule has 1 rings (SSSR count). The molecule has 0 saturated carbocycles. The van der Waals surface area contributed by atoms with E-state index in [-0.39, 0.29) is 18.8 Å². The summed E-state index contributed by atoms with van der Waals surface area (Å²) in [5.74, 6) is -2.86. The van der Waals surface area contributed by atoms with E-state index in [9.17, 15) is 29.1 Å². The van der Waals surface area contributed by atoms with Gasteiger partial charge in [-0.25, -0.2) is 4.79 Å². The van der Waals surface area contributed by atoms with Crippen LogP contribution in [-0.4, -0.2) is 82.3 Å². The highest BCUT2D eigenvalue weighted by atomic mass is 32.2. The lowest BCUT2D eigenvalue weighted by atomic mass is 10.0. The van der Waals surface area contributed by atoms with Crippen LogP contribution < -0.4 is 22.1 Å². The number of aliphatic carboxylic acids is 1. The van der Waals surface area contributed by atoms with Crippen LogP contribution >= 0.6 is 11.8 Å². The lowest BCUT2D eigenvalue weighted by Crippen LogP contribution is -2.57. The van der Waals surface area contributed by atoms with Crippen LogP contribution in [-0.2, 0) is 24.0 Å². The van der Waals surface area contributed by atoms with E-state index in [0.29, 0.717) is 31.6 Å². The number of thioether (sulfide) groups is 1. The first-order valence-electron chi connectivity index (χ1n) is 10.6. The first-order valence-corrected chi connectivity index (χ1v) is 12.0. The number of rotatable bonds is 13. The van der Waals surface area contributed by atoms with Crippen molar-refractivity contribution >= 4 is 41.4 Å². The van der Waals surface area contributed by atoms with Crippen LogP contribution in [0.25, 0.3) is 0 Å². The van der Waals surface area contributed by atoms with Crippen LogP contribution in [0, 0.1) is 5.92 Å². The maximum atomic E-state index is 13.2. The maximum absolute atomic E-state index is 13.2. The summed E-state index contributed by atoms with van der Waals surface area (Å²) in [6.07, 6.45) is 3.06. The highest BCUT2D eigenvalue weighted by Crippen LogP contribution is 2.20. The number of carbonyl (C=O) groups is 5. The minimum absolute atomic E-state index is 0.0634. The summed E-state index contributed by atoms with van der Waals surface area (Å²) in [4.78, 5) is 62.3. The Hall–Kier alpha value is -2.34. The third-order valence-electron chi connectivity index (χ3n) is 5.14. The predicted octanol–water partition coefficient (Wildman–Crippen LogP) is -0.966. The highest BCUT2D eigenvalue weighted by molar-refractivity contribution is 7.98. The van der Waals surface area contributed by atoms with Crippen molar-refractivity contribution in [2.24, 2.45) is 17.4 Å². The molecule has 0 radical (unpaired) electrons. The molecule has 4 amide bonds. The van der Waals surface area contributed by atoms with Crippen molar-refractivity contribution in [3.8, 4) is 0 Å². The second-order valence-electron chi connectivity index (χ2n) is 8.34. The maximum Gasteiger partial charge on any atom is 0.326 e. The molecular formula is C20H35N5O6S. The van der Waals surface area contributed by atoms with Crippen LogP contribution in [0.15, 0.2) is 0 Å². The van der Waals surface area contributed by atoms with Gasteiger partial charge in [0, 0.05) is 6.54 Å². The average molecular weight is 474 g/mol. The van der Waals surface area contributed by atoms with Crippen LogP contribution in [0.2, 0.25) is 0 Å². The number of hydrogen-bond acceptors (Lipinski definition) is 7. The van der Waals surface area contributed by atoms with Gasteiger partial charge in [-0.2, -0.15) is 11.8 Å². The van der Waals surface area contributed by atoms with Gasteiger partial charge in [0.15, 0.2) is 0 Å². The standard InChI is InChI=1S/C20H35N5O6S/c1-11(2)9-14(20(30)31)24-18(28)15-5-4-7-25(15)19(29)13(6-8-32-3)23-17(27)12(21)10-16(22)26/h11-15H,4-10,21H2,1-3H3,(H2,22,26)(H,23,27)(H,24,28)(H,30,31). The van der Waals surface area contributed by atoms with E-state index in [2.05, 4.69) is 10.6 Å². The molecule has 1 aliphatic heterocycles. The van der Waals surface area contributed by atoms with Crippen molar-refractivity contribution in [3.63, 3.8) is 0 Å². The summed E-state index contributed by atoms with van der Waals surface area (Å²) in [6.45, 7) is 4.03. The zero-order chi connectivity index (χ0) is 24.4. The van der Waals surface area contributed by atoms with Gasteiger partial charge in [-0.1, -0.05) is 13.8 Å². The fraction of sp³-hybridized carbons (Fsp3) is 0.750. The Morgan fingerprint density at radius 2 is 1.81 bits per heavy atom. The Bertz CT molecular complexity index is 704. The number of nitrogens with one attached hydrogen (secondary N) is 2. The van der Waals surface area contributed by atoms with Gasteiger partial charge >= 0.3 is 5.97 Å². The van der Waals surface area contributed by atoms with E-state index in [1.54, 1.807) is 0 Å². The summed E-state index contributed by atoms with van der Waals surface area (Å²) in [5.41, 5.74) is 10.8. The van der Waals surface area contributed by atoms with Crippen LogP contribution in [0.3, 0.4) is 0 Å². The molecule has 1 heterocycles. The van der Waals surface area contributed by atoms with E-state index < -0.39 is 53.8 Å². The van der Waals surface area contributed by atoms with Gasteiger partial charge in [0.05, 0.1) is 12.5 Å². The predicted molar refractivity (Wildman–Crippen MR) is 120 cm³/mol. The van der Waals surface area contributed by atoms with Crippen LogP contribution in [0.5, 0.6) is 0 Å². The summed E-state index contributed by atoms with van der Waals surface area (Å²) in [5, 5.41) is 14.5. The zero-order valence-electron chi connectivity index (χ0n) is 18.8. The van der Waals surface area contributed by atoms with Gasteiger partial charge in [-0.3, -0.25) is 19.2 Å². The fourth-order valence-corrected chi connectivity index (χ4v) is 4.02. The number of nitrogens with two attached hydrogens (primary N) is 2. The molecule has 7 N–H and O–H groups in total. The third kappa shape index (κ3) is 8.65. The Balaban J connectivity index is 2.93. The third-order valence-corrected chi connectivity index (χ3v) is 5.79. The van der Waals surface area contributed by atoms with E-state index in [4.69, 9.17) is 11.5 Å². The van der Waals surface area contributed by atoms with Gasteiger partial charge in [0.2, 0.25) is 23.6 Å². The Labute approximate surface area is 192 Å². The summed E-state index contributed by atoms with van der Waals surface area (Å²) in [6, 6.07) is -3.96. The molecule has 1 aliphatic rings. The van der Waals surface area contributed by atoms with E-state index >= 15 is 0 Å². The first-order chi connectivity index (χ1) is 15.0. The molecule has 32 heavy (non-hydrogen) atoms. The zero-order valence-corrected chi connectivity index (χ0v) is 19.7. The molecule has 1 saturated heterocycles. The largest absolute Gasteiger partial charge is 0.480 e. The molecule has 0 aromatic carbocycles. The smallest absolute Gasteiger partial charge is 0.326 e. The monoisotopic (exact) mass is 473 g/mol. The number of likely N-dealkylation sites (tertiary alicyclic amines) is 1. The SMILES string of the molecule is CSCCC(NC(=O)C(N)CC(N)=O)C(=O)N1CCCC1C(=O)NC(CC(C)C)C(=O)O. The molecule has 4 unspecified atom stereocenters. The molecule has 182 valence electrons. The molecular weight excluding hydrogens is 438 g/mol. The number of primary amides is 1. The lowest BCUT2D eigenvalue weighted by Gasteiger charge is -2.30. The number of carbonyl (C=O) groups excluding carboxylic acids is 4. The van der Waals surface area contributed by atoms with Crippen LogP contribution in [0.4, 0.5) is 0 Å². The van der Waals surface area contributed by atoms with Crippen molar-refractivity contribution in [2.45, 2.75) is 70.1 Å². The van der Waals surface area contributed by atoms with Gasteiger partial charge in [-0.15, -0.1) is 0 Å². The quantitative estimate of drug-likeness (QED) is 0.226. The van der Waals surface area contributed by atoms with Crippen molar-refractivity contribution in [1.29, 1.82) is 0 Å². The van der Waals surface area contributed by atoms with E-state index in [1.807, 2.05) is 20.1 Å². The molecule has 0 aromatic rings. The van der Waals surface area contributed by atoms with Crippen molar-refractivity contribution < 1.29 is 29.1 Å². The molecule has 4 atom stereocenters. The first kappa shape index (κ1) is 27.7. The number of amides is 4. The number of nitrogens with zero attached hydrogens (tertiary/aromatic N) is 1. The number of carboxylic acid groups (broad SMARTS) is 1. The highest BCUT2D eigenvalue weighted by Gasteiger charge is 2.39. The lowest BCUT2D eigenvalue weighted by molar-refractivity contribution is -0.145. The number of carboxylic acids is 1. The van der Waals surface area contributed by atoms with Gasteiger partial charge in [0.1, 0.15) is 18.1 Å². The van der Waals surface area contributed by atoms with Gasteiger partial charge < -0.3 is 32.1 Å². The molecule has 0 aliphatic carbocycles. The Kier molecular flexibility index (Phi) is 11.5. The minimum atomic E-state index is -1.18. The average Bonchev–Trinajstić information content (AvgIpc) is 3.18. The van der Waals surface area contributed by atoms with Gasteiger partial charge in [-0.05, 0) is 43.6 Å². The normalized spacial score (nSPS) is 18.7. The summed E-state index contributed by atoms with van der Waals surface area (Å²) < 4.78 is 0. The van der Waals surface area contributed by atoms with E-state index in [0.717, 1.165) is 0 Å². The Morgan fingerprint density at radius 3 is 2.34 bits per heavy atom. The summed E-state index contributed by atoms with van der Waals surface area (Å²) in [7, 11) is 0. The molecule has 1 fully saturated rings. The second kappa shape index (κ2) is 13.3. The fourth-order valence-electron chi connectivity index (χ4n) is 3.55. The second-order valence-corrected chi connectivity index (χ2v) is 9.32. The van der Waals surface area contributed by atoms with Crippen molar-refractivity contribution in [3.05, 3.63) is 0 Å². The van der Waals surface area contributed by atoms with Crippen LogP contribution in [0.1, 0.15) is 46.0 Å². The van der Waals surface area contributed by atoms with Crippen molar-refractivity contribution in [1.82, 2.24) is 15.5 Å². The molecule has 12 heteroatoms. The van der Waals surface area contributed by atoms with Crippen molar-refractivity contribution in [2.75, 3.05) is 18.6 Å². The van der Waals surface area contributed by atoms with E-state index in [1.165, 1.54) is 16.7 Å². The Morgan fingerprint density at radius 1 is 1.16 bits per heavy atom. The summed E-state index contributed by atoms with van der Waals surface area (Å²) >= 11 is 1.49. The number of hydrogen-bond donors (Lipinski definition) is 5. The van der Waals surface area contributed by atoms with Gasteiger partial charge in [0.25, 0.3) is 0 Å². The molecule has 0 bridgehead atoms. The molecule has 0 aromatic heterocycles. The molecule has 11 nitrogen and oxygen atoms in total. The minimum Gasteiger partial charge on any atom is -0.480 e. The molecule has 0 spiro atoms.